The minimum absolute atomic E-state index is 0.142. The number of esters is 1. The molecule has 0 spiro atoms. The van der Waals surface area contributed by atoms with Crippen molar-refractivity contribution in [1.29, 1.82) is 0 Å². The van der Waals surface area contributed by atoms with E-state index < -0.39 is 5.97 Å². The molecule has 0 aliphatic carbocycles. The van der Waals surface area contributed by atoms with Gasteiger partial charge >= 0.3 is 5.97 Å². The van der Waals surface area contributed by atoms with Crippen LogP contribution in [-0.4, -0.2) is 66.5 Å². The van der Waals surface area contributed by atoms with Gasteiger partial charge in [0.15, 0.2) is 5.88 Å². The van der Waals surface area contributed by atoms with Gasteiger partial charge in [-0.15, -0.1) is 0 Å². The highest BCUT2D eigenvalue weighted by Crippen LogP contribution is 2.34. The van der Waals surface area contributed by atoms with Crippen LogP contribution in [0.5, 0.6) is 11.8 Å². The van der Waals surface area contributed by atoms with Crippen LogP contribution in [0.25, 0.3) is 0 Å². The van der Waals surface area contributed by atoms with Gasteiger partial charge in [0.25, 0.3) is 0 Å². The van der Waals surface area contributed by atoms with Crippen molar-refractivity contribution in [3.05, 3.63) is 6.07 Å². The fourth-order valence-corrected chi connectivity index (χ4v) is 1.75. The van der Waals surface area contributed by atoms with Crippen LogP contribution in [0.1, 0.15) is 6.92 Å². The second-order valence-electron chi connectivity index (χ2n) is 4.83. The summed E-state index contributed by atoms with van der Waals surface area (Å²) in [5.74, 6) is -0.810. The molecule has 0 fully saturated rings. The topological polar surface area (TPSA) is 78.2 Å². The summed E-state index contributed by atoms with van der Waals surface area (Å²) in [6.07, 6.45) is 0. The lowest BCUT2D eigenvalue weighted by Gasteiger charge is -2.20. The summed E-state index contributed by atoms with van der Waals surface area (Å²) in [6.45, 7) is 3.24. The number of likely N-dealkylation sites (N-methyl/N-ethyl adjacent to an activating group) is 2. The first-order valence-electron chi connectivity index (χ1n) is 6.49. The highest BCUT2D eigenvalue weighted by molar-refractivity contribution is 5.71. The van der Waals surface area contributed by atoms with Crippen LogP contribution in [0.2, 0.25) is 0 Å². The molecular formula is C13H23N3O4. The molecule has 0 saturated carbocycles. The minimum atomic E-state index is -0.504. The minimum Gasteiger partial charge on any atom is -0.494 e. The van der Waals surface area contributed by atoms with E-state index in [2.05, 4.69) is 0 Å². The van der Waals surface area contributed by atoms with Gasteiger partial charge in [-0.25, -0.2) is 0 Å². The highest BCUT2D eigenvalue weighted by atomic mass is 16.5. The monoisotopic (exact) mass is 285 g/mol. The van der Waals surface area contributed by atoms with Crippen molar-refractivity contribution in [3.63, 3.8) is 0 Å². The maximum absolute atomic E-state index is 11.4. The van der Waals surface area contributed by atoms with E-state index in [4.69, 9.17) is 4.74 Å². The van der Waals surface area contributed by atoms with E-state index in [1.165, 1.54) is 6.07 Å². The van der Waals surface area contributed by atoms with E-state index in [1.807, 2.05) is 30.9 Å². The number of rotatable bonds is 7. The fraction of sp³-hybridized carbons (Fsp3) is 0.615. The van der Waals surface area contributed by atoms with Gasteiger partial charge in [0.05, 0.1) is 6.61 Å². The molecule has 20 heavy (non-hydrogen) atoms. The van der Waals surface area contributed by atoms with E-state index in [0.29, 0.717) is 12.2 Å². The Morgan fingerprint density at radius 2 is 1.95 bits per heavy atom. The third kappa shape index (κ3) is 4.06. The molecule has 1 rings (SSSR count). The van der Waals surface area contributed by atoms with Gasteiger partial charge in [0, 0.05) is 26.2 Å². The Labute approximate surface area is 119 Å². The number of hydrogen-bond acceptors (Lipinski definition) is 6. The summed E-state index contributed by atoms with van der Waals surface area (Å²) in [7, 11) is 5.72. The molecule has 7 nitrogen and oxygen atoms in total. The number of ether oxygens (including phenoxy) is 1. The van der Waals surface area contributed by atoms with E-state index in [9.17, 15) is 15.0 Å². The number of aromatic hydroxyl groups is 2. The normalized spacial score (nSPS) is 10.8. The Balaban J connectivity index is 2.82. The van der Waals surface area contributed by atoms with E-state index in [0.717, 1.165) is 11.1 Å². The van der Waals surface area contributed by atoms with Crippen molar-refractivity contribution in [2.75, 3.05) is 45.7 Å². The largest absolute Gasteiger partial charge is 0.494 e. The summed E-state index contributed by atoms with van der Waals surface area (Å²) in [5, 5.41) is 19.9. The molecule has 1 aromatic heterocycles. The zero-order chi connectivity index (χ0) is 15.3. The Kier molecular flexibility index (Phi) is 5.69. The summed E-state index contributed by atoms with van der Waals surface area (Å²) in [6, 6.07) is 1.43. The van der Waals surface area contributed by atoms with Crippen LogP contribution < -0.4 is 4.90 Å². The molecule has 0 unspecified atom stereocenters. The number of carbonyl (C=O) groups is 1. The molecule has 0 saturated heterocycles. The lowest BCUT2D eigenvalue weighted by molar-refractivity contribution is -0.144. The van der Waals surface area contributed by atoms with Crippen molar-refractivity contribution in [2.45, 2.75) is 13.5 Å². The van der Waals surface area contributed by atoms with Crippen LogP contribution in [0.4, 0.5) is 5.69 Å². The molecule has 0 aliphatic rings. The summed E-state index contributed by atoms with van der Waals surface area (Å²) < 4.78 is 5.93. The van der Waals surface area contributed by atoms with Gasteiger partial charge in [0.2, 0.25) is 5.88 Å². The molecule has 0 atom stereocenters. The number of hydrogen-bond donors (Lipinski definition) is 2. The average Bonchev–Trinajstić information content (AvgIpc) is 2.64. The average molecular weight is 285 g/mol. The lowest BCUT2D eigenvalue weighted by atomic mass is 10.4. The standard InChI is InChI=1S/C13H23N3O4/c1-5-20-12(18)9-16-11(17)8-10(13(16)19)15(4)7-6-14(2)3/h8,17,19H,5-7,9H2,1-4H3. The maximum atomic E-state index is 11.4. The molecule has 0 bridgehead atoms. The van der Waals surface area contributed by atoms with Crippen molar-refractivity contribution >= 4 is 11.7 Å². The molecule has 0 aromatic carbocycles. The third-order valence-corrected chi connectivity index (χ3v) is 2.91. The molecule has 0 radical (unpaired) electrons. The predicted octanol–water partition coefficient (Wildman–Crippen LogP) is 0.460. The van der Waals surface area contributed by atoms with Crippen LogP contribution in [0.15, 0.2) is 6.07 Å². The summed E-state index contributed by atoms with van der Waals surface area (Å²) >= 11 is 0. The molecule has 0 aliphatic heterocycles. The molecule has 1 aromatic rings. The smallest absolute Gasteiger partial charge is 0.326 e. The molecule has 2 N–H and O–H groups in total. The molecule has 0 amide bonds. The van der Waals surface area contributed by atoms with E-state index >= 15 is 0 Å². The highest BCUT2D eigenvalue weighted by Gasteiger charge is 2.19. The van der Waals surface area contributed by atoms with Crippen LogP contribution in [0, 0.1) is 0 Å². The Bertz CT molecular complexity index is 457. The van der Waals surface area contributed by atoms with Gasteiger partial charge in [0.1, 0.15) is 12.2 Å². The Morgan fingerprint density at radius 1 is 1.30 bits per heavy atom. The predicted molar refractivity (Wildman–Crippen MR) is 76.2 cm³/mol. The maximum Gasteiger partial charge on any atom is 0.326 e. The number of nitrogens with zero attached hydrogens (tertiary/aromatic N) is 3. The van der Waals surface area contributed by atoms with Gasteiger partial charge in [-0.2, -0.15) is 0 Å². The van der Waals surface area contributed by atoms with Crippen molar-refractivity contribution in [1.82, 2.24) is 9.47 Å². The first-order chi connectivity index (χ1) is 9.36. The molecular weight excluding hydrogens is 262 g/mol. The third-order valence-electron chi connectivity index (χ3n) is 2.91. The van der Waals surface area contributed by atoms with Gasteiger partial charge < -0.3 is 24.7 Å². The second kappa shape index (κ2) is 7.04. The summed E-state index contributed by atoms with van der Waals surface area (Å²) in [4.78, 5) is 15.3. The zero-order valence-electron chi connectivity index (χ0n) is 12.5. The number of anilines is 1. The van der Waals surface area contributed by atoms with Gasteiger partial charge in [-0.05, 0) is 21.0 Å². The quantitative estimate of drug-likeness (QED) is 0.709. The first-order valence-corrected chi connectivity index (χ1v) is 6.49. The summed E-state index contributed by atoms with van der Waals surface area (Å²) in [5.41, 5.74) is 0.480. The van der Waals surface area contributed by atoms with E-state index in [1.54, 1.807) is 6.92 Å². The molecule has 7 heteroatoms. The van der Waals surface area contributed by atoms with Crippen molar-refractivity contribution in [3.8, 4) is 11.8 Å². The van der Waals surface area contributed by atoms with Crippen molar-refractivity contribution in [2.24, 2.45) is 0 Å². The molecule has 1 heterocycles. The SMILES string of the molecule is CCOC(=O)Cn1c(O)cc(N(C)CCN(C)C)c1O. The Morgan fingerprint density at radius 3 is 2.50 bits per heavy atom. The van der Waals surface area contributed by atoms with Crippen LogP contribution >= 0.6 is 0 Å². The van der Waals surface area contributed by atoms with Gasteiger partial charge in [-0.3, -0.25) is 9.36 Å². The number of carbonyl (C=O) groups excluding carboxylic acids is 1. The van der Waals surface area contributed by atoms with Crippen LogP contribution in [0.3, 0.4) is 0 Å². The van der Waals surface area contributed by atoms with Gasteiger partial charge in [-0.1, -0.05) is 0 Å². The number of aromatic nitrogens is 1. The Hall–Kier alpha value is -1.89. The van der Waals surface area contributed by atoms with E-state index in [-0.39, 0.29) is 24.9 Å². The second-order valence-corrected chi connectivity index (χ2v) is 4.83. The fourth-order valence-electron chi connectivity index (χ4n) is 1.75. The van der Waals surface area contributed by atoms with Crippen LogP contribution in [-0.2, 0) is 16.1 Å². The zero-order valence-corrected chi connectivity index (χ0v) is 12.5. The first kappa shape index (κ1) is 16.2. The van der Waals surface area contributed by atoms with Crippen molar-refractivity contribution < 1.29 is 19.7 Å². The lowest BCUT2D eigenvalue weighted by Crippen LogP contribution is -2.28. The molecule has 114 valence electrons.